The lowest BCUT2D eigenvalue weighted by Gasteiger charge is -2.26. The van der Waals surface area contributed by atoms with Gasteiger partial charge in [0, 0.05) is 26.2 Å². The predicted molar refractivity (Wildman–Crippen MR) is 88.3 cm³/mol. The van der Waals surface area contributed by atoms with E-state index < -0.39 is 0 Å². The Kier molecular flexibility index (Phi) is 7.55. The molecule has 0 spiro atoms. The number of hydrogen-bond donors (Lipinski definition) is 2. The number of nitrogens with two attached hydrogens (primary N) is 1. The highest BCUT2D eigenvalue weighted by molar-refractivity contribution is 5.77. The summed E-state index contributed by atoms with van der Waals surface area (Å²) in [5, 5.41) is 3.06. The molecule has 2 rings (SSSR count). The van der Waals surface area contributed by atoms with Crippen LogP contribution in [0.15, 0.2) is 35.3 Å². The molecule has 1 aromatic rings. The molecule has 1 saturated heterocycles. The lowest BCUT2D eigenvalue weighted by molar-refractivity contribution is 0.0377. The van der Waals surface area contributed by atoms with Crippen molar-refractivity contribution in [1.29, 1.82) is 0 Å². The summed E-state index contributed by atoms with van der Waals surface area (Å²) in [4.78, 5) is 6.72. The monoisotopic (exact) mass is 306 g/mol. The number of nitrogens with one attached hydrogen (secondary N) is 1. The van der Waals surface area contributed by atoms with Crippen LogP contribution in [0.1, 0.15) is 6.42 Å². The fourth-order valence-electron chi connectivity index (χ4n) is 2.24. The van der Waals surface area contributed by atoms with Gasteiger partial charge in [-0.25, -0.2) is 0 Å². The van der Waals surface area contributed by atoms with Crippen LogP contribution >= 0.6 is 0 Å². The molecule has 1 fully saturated rings. The second-order valence-electron chi connectivity index (χ2n) is 5.16. The number of morpholine rings is 1. The Balaban J connectivity index is 1.50. The van der Waals surface area contributed by atoms with Gasteiger partial charge in [-0.1, -0.05) is 18.2 Å². The van der Waals surface area contributed by atoms with Crippen LogP contribution < -0.4 is 15.8 Å². The van der Waals surface area contributed by atoms with E-state index >= 15 is 0 Å². The van der Waals surface area contributed by atoms with Crippen molar-refractivity contribution in [2.24, 2.45) is 10.7 Å². The Bertz CT molecular complexity index is 433. The molecule has 0 aliphatic carbocycles. The topological polar surface area (TPSA) is 72.1 Å². The van der Waals surface area contributed by atoms with E-state index in [-0.39, 0.29) is 0 Å². The van der Waals surface area contributed by atoms with Crippen LogP contribution in [0, 0.1) is 0 Å². The molecule has 6 nitrogen and oxygen atoms in total. The molecule has 1 aromatic carbocycles. The van der Waals surface area contributed by atoms with E-state index in [0.717, 1.165) is 51.6 Å². The van der Waals surface area contributed by atoms with Crippen LogP contribution in [0.5, 0.6) is 5.75 Å². The number of nitrogens with zero attached hydrogens (tertiary/aromatic N) is 2. The number of hydrogen-bond acceptors (Lipinski definition) is 4. The van der Waals surface area contributed by atoms with Gasteiger partial charge in [0.05, 0.1) is 19.8 Å². The first kappa shape index (κ1) is 16.6. The lowest BCUT2D eigenvalue weighted by atomic mass is 10.3. The van der Waals surface area contributed by atoms with Gasteiger partial charge in [-0.2, -0.15) is 0 Å². The predicted octanol–water partition coefficient (Wildman–Crippen LogP) is 0.692. The van der Waals surface area contributed by atoms with Crippen molar-refractivity contribution in [2.45, 2.75) is 6.42 Å². The summed E-state index contributed by atoms with van der Waals surface area (Å²) in [5.41, 5.74) is 5.82. The highest BCUT2D eigenvalue weighted by atomic mass is 16.5. The molecule has 0 atom stereocenters. The third kappa shape index (κ3) is 6.78. The molecule has 3 N–H and O–H groups in total. The van der Waals surface area contributed by atoms with E-state index in [1.807, 2.05) is 30.3 Å². The summed E-state index contributed by atoms with van der Waals surface area (Å²) in [7, 11) is 0. The number of para-hydroxylation sites is 1. The maximum Gasteiger partial charge on any atom is 0.188 e. The molecule has 1 heterocycles. The van der Waals surface area contributed by atoms with Gasteiger partial charge in [-0.3, -0.25) is 9.89 Å². The minimum atomic E-state index is 0.485. The normalized spacial score (nSPS) is 16.5. The van der Waals surface area contributed by atoms with Crippen molar-refractivity contribution in [3.05, 3.63) is 30.3 Å². The van der Waals surface area contributed by atoms with Crippen molar-refractivity contribution in [3.63, 3.8) is 0 Å². The van der Waals surface area contributed by atoms with Gasteiger partial charge in [-0.15, -0.1) is 0 Å². The molecular formula is C16H26N4O2. The first-order valence-electron chi connectivity index (χ1n) is 7.86. The van der Waals surface area contributed by atoms with Crippen LogP contribution in [0.4, 0.5) is 0 Å². The smallest absolute Gasteiger partial charge is 0.188 e. The van der Waals surface area contributed by atoms with E-state index in [2.05, 4.69) is 15.2 Å². The van der Waals surface area contributed by atoms with Gasteiger partial charge >= 0.3 is 0 Å². The molecule has 0 amide bonds. The molecule has 22 heavy (non-hydrogen) atoms. The van der Waals surface area contributed by atoms with Gasteiger partial charge in [0.15, 0.2) is 5.96 Å². The van der Waals surface area contributed by atoms with Crippen molar-refractivity contribution in [1.82, 2.24) is 10.2 Å². The van der Waals surface area contributed by atoms with Gasteiger partial charge in [-0.05, 0) is 18.6 Å². The summed E-state index contributed by atoms with van der Waals surface area (Å²) in [5.74, 6) is 1.35. The van der Waals surface area contributed by atoms with Crippen molar-refractivity contribution in [2.75, 3.05) is 52.5 Å². The van der Waals surface area contributed by atoms with Crippen molar-refractivity contribution >= 4 is 5.96 Å². The Hall–Kier alpha value is -1.79. The first-order chi connectivity index (χ1) is 10.8. The van der Waals surface area contributed by atoms with E-state index in [0.29, 0.717) is 19.1 Å². The largest absolute Gasteiger partial charge is 0.492 e. The lowest BCUT2D eigenvalue weighted by Crippen LogP contribution is -2.37. The van der Waals surface area contributed by atoms with Crippen LogP contribution in [-0.2, 0) is 4.74 Å². The average Bonchev–Trinajstić information content (AvgIpc) is 2.57. The van der Waals surface area contributed by atoms with E-state index in [4.69, 9.17) is 15.2 Å². The van der Waals surface area contributed by atoms with Crippen molar-refractivity contribution < 1.29 is 9.47 Å². The van der Waals surface area contributed by atoms with E-state index in [1.165, 1.54) is 0 Å². The molecule has 0 aromatic heterocycles. The maximum atomic E-state index is 5.82. The minimum absolute atomic E-state index is 0.485. The van der Waals surface area contributed by atoms with Gasteiger partial charge in [0.2, 0.25) is 0 Å². The number of guanidine groups is 1. The summed E-state index contributed by atoms with van der Waals surface area (Å²) >= 11 is 0. The molecular weight excluding hydrogens is 280 g/mol. The summed E-state index contributed by atoms with van der Waals surface area (Å²) in [6.07, 6.45) is 1.02. The molecule has 0 saturated carbocycles. The summed E-state index contributed by atoms with van der Waals surface area (Å²) < 4.78 is 10.9. The number of ether oxygens (including phenoxy) is 2. The first-order valence-corrected chi connectivity index (χ1v) is 7.86. The van der Waals surface area contributed by atoms with Crippen LogP contribution in [-0.4, -0.2) is 63.4 Å². The third-order valence-electron chi connectivity index (χ3n) is 3.44. The zero-order valence-electron chi connectivity index (χ0n) is 13.0. The zero-order chi connectivity index (χ0) is 15.5. The van der Waals surface area contributed by atoms with E-state index in [9.17, 15) is 0 Å². The Labute approximate surface area is 132 Å². The average molecular weight is 306 g/mol. The third-order valence-corrected chi connectivity index (χ3v) is 3.44. The molecule has 6 heteroatoms. The standard InChI is InChI=1S/C16H26N4O2/c17-16(18-7-4-9-20-10-13-21-14-11-20)19-8-12-22-15-5-2-1-3-6-15/h1-3,5-6H,4,7-14H2,(H3,17,18,19). The number of rotatable bonds is 8. The maximum absolute atomic E-state index is 5.82. The minimum Gasteiger partial charge on any atom is -0.492 e. The Morgan fingerprint density at radius 2 is 2.05 bits per heavy atom. The van der Waals surface area contributed by atoms with Crippen molar-refractivity contribution in [3.8, 4) is 5.75 Å². The Morgan fingerprint density at radius 1 is 1.27 bits per heavy atom. The van der Waals surface area contributed by atoms with E-state index in [1.54, 1.807) is 0 Å². The number of benzene rings is 1. The number of aliphatic imine (C=N–C) groups is 1. The second kappa shape index (κ2) is 10.0. The fourth-order valence-corrected chi connectivity index (χ4v) is 2.24. The fraction of sp³-hybridized carbons (Fsp3) is 0.562. The van der Waals surface area contributed by atoms with Gasteiger partial charge in [0.25, 0.3) is 0 Å². The molecule has 0 unspecified atom stereocenters. The van der Waals surface area contributed by atoms with Crippen LogP contribution in [0.2, 0.25) is 0 Å². The SMILES string of the molecule is NC(=NCCCN1CCOCC1)NCCOc1ccccc1. The zero-order valence-corrected chi connectivity index (χ0v) is 13.0. The molecule has 1 aliphatic rings. The highest BCUT2D eigenvalue weighted by Crippen LogP contribution is 2.07. The molecule has 0 radical (unpaired) electrons. The molecule has 122 valence electrons. The highest BCUT2D eigenvalue weighted by Gasteiger charge is 2.08. The van der Waals surface area contributed by atoms with Gasteiger partial charge in [0.1, 0.15) is 12.4 Å². The van der Waals surface area contributed by atoms with Crippen LogP contribution in [0.3, 0.4) is 0 Å². The van der Waals surface area contributed by atoms with Gasteiger partial charge < -0.3 is 20.5 Å². The second-order valence-corrected chi connectivity index (χ2v) is 5.16. The summed E-state index contributed by atoms with van der Waals surface area (Å²) in [6.45, 7) is 6.74. The summed E-state index contributed by atoms with van der Waals surface area (Å²) in [6, 6.07) is 9.74. The van der Waals surface area contributed by atoms with Crippen LogP contribution in [0.25, 0.3) is 0 Å². The quantitative estimate of drug-likeness (QED) is 0.420. The Morgan fingerprint density at radius 3 is 2.82 bits per heavy atom. The molecule has 0 bridgehead atoms. The molecule has 1 aliphatic heterocycles.